The van der Waals surface area contributed by atoms with Gasteiger partial charge in [0, 0.05) is 12.1 Å². The summed E-state index contributed by atoms with van der Waals surface area (Å²) in [6.07, 6.45) is 5.96. The highest BCUT2D eigenvalue weighted by Gasteiger charge is 2.12. The SMILES string of the molecule is CCCCCCC(NN)c1cc(OC)cc(OC)c1. The van der Waals surface area contributed by atoms with Crippen LogP contribution in [0, 0.1) is 0 Å². The van der Waals surface area contributed by atoms with E-state index < -0.39 is 0 Å². The van der Waals surface area contributed by atoms with Crippen molar-refractivity contribution >= 4 is 0 Å². The number of unbranched alkanes of at least 4 members (excludes halogenated alkanes) is 3. The molecule has 0 aromatic heterocycles. The first-order valence-corrected chi connectivity index (χ1v) is 6.94. The molecular weight excluding hydrogens is 240 g/mol. The average molecular weight is 266 g/mol. The lowest BCUT2D eigenvalue weighted by molar-refractivity contribution is 0.390. The van der Waals surface area contributed by atoms with E-state index in [4.69, 9.17) is 15.3 Å². The summed E-state index contributed by atoms with van der Waals surface area (Å²) in [4.78, 5) is 0. The van der Waals surface area contributed by atoms with Crippen molar-refractivity contribution in [2.45, 2.75) is 45.1 Å². The van der Waals surface area contributed by atoms with E-state index in [1.165, 1.54) is 25.7 Å². The first kappa shape index (κ1) is 15.8. The van der Waals surface area contributed by atoms with Gasteiger partial charge < -0.3 is 9.47 Å². The molecule has 0 saturated carbocycles. The van der Waals surface area contributed by atoms with Gasteiger partial charge >= 0.3 is 0 Å². The fourth-order valence-electron chi connectivity index (χ4n) is 2.15. The van der Waals surface area contributed by atoms with Gasteiger partial charge in [-0.15, -0.1) is 0 Å². The molecular formula is C15H26N2O2. The minimum Gasteiger partial charge on any atom is -0.497 e. The van der Waals surface area contributed by atoms with Gasteiger partial charge in [-0.3, -0.25) is 11.3 Å². The molecule has 0 amide bonds. The van der Waals surface area contributed by atoms with Crippen LogP contribution in [0.3, 0.4) is 0 Å². The van der Waals surface area contributed by atoms with Crippen molar-refractivity contribution in [2.24, 2.45) is 5.84 Å². The van der Waals surface area contributed by atoms with Crippen molar-refractivity contribution < 1.29 is 9.47 Å². The third kappa shape index (κ3) is 5.09. The molecule has 108 valence electrons. The summed E-state index contributed by atoms with van der Waals surface area (Å²) in [7, 11) is 3.31. The zero-order valence-corrected chi connectivity index (χ0v) is 12.2. The predicted octanol–water partition coefficient (Wildman–Crippen LogP) is 3.18. The smallest absolute Gasteiger partial charge is 0.122 e. The number of nitrogens with two attached hydrogens (primary N) is 1. The minimum absolute atomic E-state index is 0.140. The first-order chi connectivity index (χ1) is 9.24. The highest BCUT2D eigenvalue weighted by atomic mass is 16.5. The minimum atomic E-state index is 0.140. The van der Waals surface area contributed by atoms with Crippen molar-refractivity contribution in [2.75, 3.05) is 14.2 Å². The Morgan fingerprint density at radius 3 is 2.16 bits per heavy atom. The summed E-state index contributed by atoms with van der Waals surface area (Å²) in [5.74, 6) is 7.26. The lowest BCUT2D eigenvalue weighted by Crippen LogP contribution is -2.28. The molecule has 1 rings (SSSR count). The van der Waals surface area contributed by atoms with Crippen LogP contribution in [0.5, 0.6) is 11.5 Å². The van der Waals surface area contributed by atoms with Gasteiger partial charge in [-0.25, -0.2) is 0 Å². The number of methoxy groups -OCH3 is 2. The maximum atomic E-state index is 5.67. The third-order valence-electron chi connectivity index (χ3n) is 3.32. The number of nitrogens with one attached hydrogen (secondary N) is 1. The Morgan fingerprint density at radius 2 is 1.68 bits per heavy atom. The number of benzene rings is 1. The summed E-state index contributed by atoms with van der Waals surface area (Å²) < 4.78 is 10.6. The molecule has 1 aromatic carbocycles. The van der Waals surface area contributed by atoms with E-state index in [0.717, 1.165) is 23.5 Å². The van der Waals surface area contributed by atoms with E-state index in [0.29, 0.717) is 0 Å². The van der Waals surface area contributed by atoms with Crippen LogP contribution in [0.2, 0.25) is 0 Å². The van der Waals surface area contributed by atoms with Gasteiger partial charge in [0.15, 0.2) is 0 Å². The molecule has 0 aliphatic rings. The molecule has 0 heterocycles. The van der Waals surface area contributed by atoms with Gasteiger partial charge in [0.25, 0.3) is 0 Å². The number of hydrazine groups is 1. The molecule has 1 unspecified atom stereocenters. The molecule has 0 aliphatic heterocycles. The van der Waals surface area contributed by atoms with Crippen LogP contribution in [-0.2, 0) is 0 Å². The fraction of sp³-hybridized carbons (Fsp3) is 0.600. The summed E-state index contributed by atoms with van der Waals surface area (Å²) >= 11 is 0. The zero-order chi connectivity index (χ0) is 14.1. The summed E-state index contributed by atoms with van der Waals surface area (Å²) in [5.41, 5.74) is 3.99. The molecule has 0 spiro atoms. The summed E-state index contributed by atoms with van der Waals surface area (Å²) in [6.45, 7) is 2.21. The van der Waals surface area contributed by atoms with Crippen molar-refractivity contribution in [3.63, 3.8) is 0 Å². The van der Waals surface area contributed by atoms with Gasteiger partial charge in [0.1, 0.15) is 11.5 Å². The number of hydrogen-bond acceptors (Lipinski definition) is 4. The maximum absolute atomic E-state index is 5.67. The molecule has 4 heteroatoms. The van der Waals surface area contributed by atoms with Gasteiger partial charge in [-0.05, 0) is 24.1 Å². The van der Waals surface area contributed by atoms with Crippen LogP contribution in [-0.4, -0.2) is 14.2 Å². The van der Waals surface area contributed by atoms with Crippen LogP contribution in [0.25, 0.3) is 0 Å². The Labute approximate surface area is 116 Å². The quantitative estimate of drug-likeness (QED) is 0.409. The second-order valence-corrected chi connectivity index (χ2v) is 4.71. The molecule has 0 radical (unpaired) electrons. The van der Waals surface area contributed by atoms with E-state index in [1.807, 2.05) is 18.2 Å². The van der Waals surface area contributed by atoms with E-state index in [2.05, 4.69) is 12.3 Å². The molecule has 0 saturated heterocycles. The highest BCUT2D eigenvalue weighted by Crippen LogP contribution is 2.28. The molecule has 0 fully saturated rings. The van der Waals surface area contributed by atoms with Crippen LogP contribution in [0.15, 0.2) is 18.2 Å². The Kier molecular flexibility index (Phi) is 7.30. The van der Waals surface area contributed by atoms with E-state index in [-0.39, 0.29) is 6.04 Å². The number of hydrogen-bond donors (Lipinski definition) is 2. The lowest BCUT2D eigenvalue weighted by Gasteiger charge is -2.18. The fourth-order valence-corrected chi connectivity index (χ4v) is 2.15. The van der Waals surface area contributed by atoms with Gasteiger partial charge in [0.2, 0.25) is 0 Å². The Morgan fingerprint density at radius 1 is 1.05 bits per heavy atom. The predicted molar refractivity (Wildman–Crippen MR) is 78.4 cm³/mol. The third-order valence-corrected chi connectivity index (χ3v) is 3.32. The largest absolute Gasteiger partial charge is 0.497 e. The standard InChI is InChI=1S/C15H26N2O2/c1-4-5-6-7-8-15(17-16)12-9-13(18-2)11-14(10-12)19-3/h9-11,15,17H,4-8,16H2,1-3H3. The van der Waals surface area contributed by atoms with E-state index >= 15 is 0 Å². The van der Waals surface area contributed by atoms with Crippen molar-refractivity contribution in [3.05, 3.63) is 23.8 Å². The van der Waals surface area contributed by atoms with E-state index in [1.54, 1.807) is 14.2 Å². The van der Waals surface area contributed by atoms with Crippen molar-refractivity contribution in [1.29, 1.82) is 0 Å². The topological polar surface area (TPSA) is 56.5 Å². The second-order valence-electron chi connectivity index (χ2n) is 4.71. The molecule has 4 nitrogen and oxygen atoms in total. The summed E-state index contributed by atoms with van der Waals surface area (Å²) in [6, 6.07) is 6.02. The Hall–Kier alpha value is -1.26. The second kappa shape index (κ2) is 8.77. The van der Waals surface area contributed by atoms with Gasteiger partial charge in [-0.1, -0.05) is 32.6 Å². The van der Waals surface area contributed by atoms with Crippen molar-refractivity contribution in [3.8, 4) is 11.5 Å². The highest BCUT2D eigenvalue weighted by molar-refractivity contribution is 5.39. The molecule has 3 N–H and O–H groups in total. The Balaban J connectivity index is 2.73. The normalized spacial score (nSPS) is 12.2. The van der Waals surface area contributed by atoms with Gasteiger partial charge in [-0.2, -0.15) is 0 Å². The molecule has 1 aromatic rings. The van der Waals surface area contributed by atoms with E-state index in [9.17, 15) is 0 Å². The van der Waals surface area contributed by atoms with Crippen molar-refractivity contribution in [1.82, 2.24) is 5.43 Å². The molecule has 0 bridgehead atoms. The average Bonchev–Trinajstić information content (AvgIpc) is 2.46. The number of rotatable bonds is 9. The molecule has 19 heavy (non-hydrogen) atoms. The molecule has 1 atom stereocenters. The lowest BCUT2D eigenvalue weighted by atomic mass is 10.00. The summed E-state index contributed by atoms with van der Waals surface area (Å²) in [5, 5.41) is 0. The zero-order valence-electron chi connectivity index (χ0n) is 12.2. The maximum Gasteiger partial charge on any atom is 0.122 e. The molecule has 0 aliphatic carbocycles. The Bertz CT molecular complexity index is 347. The van der Waals surface area contributed by atoms with Crippen LogP contribution >= 0.6 is 0 Å². The van der Waals surface area contributed by atoms with Crippen LogP contribution in [0.4, 0.5) is 0 Å². The van der Waals surface area contributed by atoms with Crippen LogP contribution < -0.4 is 20.7 Å². The van der Waals surface area contributed by atoms with Crippen LogP contribution in [0.1, 0.15) is 50.6 Å². The number of ether oxygens (including phenoxy) is 2. The van der Waals surface area contributed by atoms with Gasteiger partial charge in [0.05, 0.1) is 14.2 Å². The first-order valence-electron chi connectivity index (χ1n) is 6.94. The monoisotopic (exact) mass is 266 g/mol.